The van der Waals surface area contributed by atoms with Crippen LogP contribution in [0.2, 0.25) is 0 Å². The van der Waals surface area contributed by atoms with Crippen LogP contribution >= 0.6 is 0 Å². The van der Waals surface area contributed by atoms with E-state index in [9.17, 15) is 0 Å². The number of hydrogen-bond donors (Lipinski definition) is 1. The molecule has 0 saturated carbocycles. The van der Waals surface area contributed by atoms with Crippen LogP contribution in [0.25, 0.3) is 0 Å². The van der Waals surface area contributed by atoms with Gasteiger partial charge >= 0.3 is 0 Å². The van der Waals surface area contributed by atoms with Crippen molar-refractivity contribution in [2.75, 3.05) is 46.3 Å². The summed E-state index contributed by atoms with van der Waals surface area (Å²) in [4.78, 5) is 5.12. The number of rotatable bonds is 5. The van der Waals surface area contributed by atoms with Crippen LogP contribution < -0.4 is 5.32 Å². The van der Waals surface area contributed by atoms with Gasteiger partial charge in [-0.3, -0.25) is 0 Å². The number of hydrogen-bond acceptors (Lipinski definition) is 3. The molecule has 0 radical (unpaired) electrons. The highest BCUT2D eigenvalue weighted by Crippen LogP contribution is 2.15. The lowest BCUT2D eigenvalue weighted by atomic mass is 9.99. The summed E-state index contributed by atoms with van der Waals surface area (Å²) in [5.74, 6) is 0.956. The summed E-state index contributed by atoms with van der Waals surface area (Å²) in [7, 11) is 2.25. The maximum Gasteiger partial charge on any atom is 0.00797 e. The Morgan fingerprint density at radius 2 is 1.79 bits per heavy atom. The molecule has 2 saturated heterocycles. The standard InChI is InChI=1S/C16H33N3/c1-15-6-13-19(14-7-15)11-4-9-17-16-5-3-10-18(2)12-8-16/h15-17H,3-14H2,1-2H3. The van der Waals surface area contributed by atoms with Gasteiger partial charge in [-0.15, -0.1) is 0 Å². The van der Waals surface area contributed by atoms with Crippen molar-refractivity contribution in [1.82, 2.24) is 15.1 Å². The molecule has 112 valence electrons. The van der Waals surface area contributed by atoms with E-state index in [-0.39, 0.29) is 0 Å². The molecule has 1 atom stereocenters. The van der Waals surface area contributed by atoms with Crippen molar-refractivity contribution >= 4 is 0 Å². The van der Waals surface area contributed by atoms with Gasteiger partial charge in [-0.25, -0.2) is 0 Å². The van der Waals surface area contributed by atoms with Gasteiger partial charge in [0.1, 0.15) is 0 Å². The molecule has 2 aliphatic rings. The number of nitrogens with one attached hydrogen (secondary N) is 1. The third-order valence-electron chi connectivity index (χ3n) is 4.91. The van der Waals surface area contributed by atoms with Gasteiger partial charge in [0.15, 0.2) is 0 Å². The number of piperidine rings is 1. The predicted octanol–water partition coefficient (Wildman–Crippen LogP) is 2.18. The highest BCUT2D eigenvalue weighted by molar-refractivity contribution is 4.74. The van der Waals surface area contributed by atoms with Gasteiger partial charge in [0.2, 0.25) is 0 Å². The molecule has 0 aromatic rings. The molecule has 0 bridgehead atoms. The van der Waals surface area contributed by atoms with E-state index in [1.807, 2.05) is 0 Å². The second-order valence-corrected chi connectivity index (χ2v) is 6.76. The van der Waals surface area contributed by atoms with Gasteiger partial charge in [0.25, 0.3) is 0 Å². The molecule has 0 spiro atoms. The van der Waals surface area contributed by atoms with Crippen LogP contribution in [0.15, 0.2) is 0 Å². The van der Waals surface area contributed by atoms with Gasteiger partial charge in [0.05, 0.1) is 0 Å². The van der Waals surface area contributed by atoms with Crippen LogP contribution in [-0.2, 0) is 0 Å². The molecule has 1 N–H and O–H groups in total. The summed E-state index contributed by atoms with van der Waals surface area (Å²) in [6, 6.07) is 0.770. The van der Waals surface area contributed by atoms with E-state index in [1.165, 1.54) is 77.8 Å². The minimum atomic E-state index is 0.770. The number of likely N-dealkylation sites (tertiary alicyclic amines) is 2. The molecule has 2 heterocycles. The first-order chi connectivity index (χ1) is 9.24. The van der Waals surface area contributed by atoms with Crippen molar-refractivity contribution in [3.63, 3.8) is 0 Å². The Hall–Kier alpha value is -0.120. The van der Waals surface area contributed by atoms with E-state index in [2.05, 4.69) is 29.1 Å². The van der Waals surface area contributed by atoms with E-state index < -0.39 is 0 Å². The third-order valence-corrected chi connectivity index (χ3v) is 4.91. The predicted molar refractivity (Wildman–Crippen MR) is 82.6 cm³/mol. The van der Waals surface area contributed by atoms with Crippen molar-refractivity contribution in [2.45, 2.75) is 51.5 Å². The fourth-order valence-corrected chi connectivity index (χ4v) is 3.34. The molecule has 2 fully saturated rings. The molecule has 0 aliphatic carbocycles. The first-order valence-electron chi connectivity index (χ1n) is 8.38. The quantitative estimate of drug-likeness (QED) is 0.770. The Kier molecular flexibility index (Phi) is 6.62. The minimum Gasteiger partial charge on any atom is -0.314 e. The first-order valence-corrected chi connectivity index (χ1v) is 8.38. The lowest BCUT2D eigenvalue weighted by Gasteiger charge is -2.30. The Balaban J connectivity index is 1.51. The molecule has 3 heteroatoms. The zero-order valence-electron chi connectivity index (χ0n) is 13.0. The molecule has 0 amide bonds. The topological polar surface area (TPSA) is 18.5 Å². The smallest absolute Gasteiger partial charge is 0.00797 e. The highest BCUT2D eigenvalue weighted by Gasteiger charge is 2.16. The zero-order valence-corrected chi connectivity index (χ0v) is 13.0. The Morgan fingerprint density at radius 1 is 1.00 bits per heavy atom. The Bertz CT molecular complexity index is 236. The third kappa shape index (κ3) is 5.80. The van der Waals surface area contributed by atoms with Crippen molar-refractivity contribution in [1.29, 1.82) is 0 Å². The van der Waals surface area contributed by atoms with Crippen molar-refractivity contribution in [3.8, 4) is 0 Å². The molecule has 3 nitrogen and oxygen atoms in total. The molecular formula is C16H33N3. The van der Waals surface area contributed by atoms with Crippen LogP contribution in [0.5, 0.6) is 0 Å². The van der Waals surface area contributed by atoms with Crippen LogP contribution in [0, 0.1) is 5.92 Å². The highest BCUT2D eigenvalue weighted by atomic mass is 15.1. The van der Waals surface area contributed by atoms with Crippen molar-refractivity contribution < 1.29 is 0 Å². The van der Waals surface area contributed by atoms with Crippen LogP contribution in [0.4, 0.5) is 0 Å². The molecule has 1 unspecified atom stereocenters. The SMILES string of the molecule is CC1CCN(CCCNC2CCCN(C)CC2)CC1. The Morgan fingerprint density at radius 3 is 2.58 bits per heavy atom. The van der Waals surface area contributed by atoms with Crippen LogP contribution in [0.1, 0.15) is 45.4 Å². The van der Waals surface area contributed by atoms with Crippen molar-refractivity contribution in [3.05, 3.63) is 0 Å². The fraction of sp³-hybridized carbons (Fsp3) is 1.00. The second kappa shape index (κ2) is 8.23. The largest absolute Gasteiger partial charge is 0.314 e. The van der Waals surface area contributed by atoms with Gasteiger partial charge in [-0.2, -0.15) is 0 Å². The summed E-state index contributed by atoms with van der Waals surface area (Å²) < 4.78 is 0. The zero-order chi connectivity index (χ0) is 13.5. The van der Waals surface area contributed by atoms with Gasteiger partial charge < -0.3 is 15.1 Å². The Labute approximate surface area is 119 Å². The van der Waals surface area contributed by atoms with E-state index in [0.29, 0.717) is 0 Å². The van der Waals surface area contributed by atoms with Crippen LogP contribution in [-0.4, -0.2) is 62.2 Å². The van der Waals surface area contributed by atoms with E-state index >= 15 is 0 Å². The molecule has 2 aliphatic heterocycles. The molecule has 0 aromatic carbocycles. The van der Waals surface area contributed by atoms with Gasteiger partial charge in [-0.05, 0) is 90.8 Å². The fourth-order valence-electron chi connectivity index (χ4n) is 3.34. The van der Waals surface area contributed by atoms with Crippen molar-refractivity contribution in [2.24, 2.45) is 5.92 Å². The van der Waals surface area contributed by atoms with E-state index in [4.69, 9.17) is 0 Å². The van der Waals surface area contributed by atoms with Gasteiger partial charge in [-0.1, -0.05) is 6.92 Å². The second-order valence-electron chi connectivity index (χ2n) is 6.76. The van der Waals surface area contributed by atoms with Gasteiger partial charge in [0, 0.05) is 6.04 Å². The van der Waals surface area contributed by atoms with Crippen LogP contribution in [0.3, 0.4) is 0 Å². The maximum atomic E-state index is 3.78. The average molecular weight is 267 g/mol. The van der Waals surface area contributed by atoms with E-state index in [0.717, 1.165) is 12.0 Å². The number of nitrogens with zero attached hydrogens (tertiary/aromatic N) is 2. The monoisotopic (exact) mass is 267 g/mol. The molecular weight excluding hydrogens is 234 g/mol. The summed E-state index contributed by atoms with van der Waals surface area (Å²) >= 11 is 0. The maximum absolute atomic E-state index is 3.78. The first kappa shape index (κ1) is 15.3. The summed E-state index contributed by atoms with van der Waals surface area (Å²) in [6.45, 7) is 10.1. The van der Waals surface area contributed by atoms with E-state index in [1.54, 1.807) is 0 Å². The lowest BCUT2D eigenvalue weighted by molar-refractivity contribution is 0.189. The summed E-state index contributed by atoms with van der Waals surface area (Å²) in [5.41, 5.74) is 0. The minimum absolute atomic E-state index is 0.770. The molecule has 0 aromatic heterocycles. The lowest BCUT2D eigenvalue weighted by Crippen LogP contribution is -2.36. The summed E-state index contributed by atoms with van der Waals surface area (Å²) in [6.07, 6.45) is 8.19. The molecule has 2 rings (SSSR count). The molecule has 19 heavy (non-hydrogen) atoms. The average Bonchev–Trinajstić information content (AvgIpc) is 2.62. The summed E-state index contributed by atoms with van der Waals surface area (Å²) in [5, 5.41) is 3.78. The normalized spacial score (nSPS) is 28.4.